The molecule has 3 aromatic heterocycles. The van der Waals surface area contributed by atoms with Gasteiger partial charge in [0.2, 0.25) is 5.91 Å². The van der Waals surface area contributed by atoms with Crippen molar-refractivity contribution < 1.29 is 19.8 Å². The largest absolute Gasteiger partial charge is 0.478 e. The smallest absolute Gasteiger partial charge is 0.335 e. The Bertz CT molecular complexity index is 1930. The maximum Gasteiger partial charge on any atom is 0.335 e. The quantitative estimate of drug-likeness (QED) is 0.205. The summed E-state index contributed by atoms with van der Waals surface area (Å²) in [6.07, 6.45) is 6.43. The Labute approximate surface area is 266 Å². The molecule has 0 spiro atoms. The number of fused-ring (bicyclic) bond motifs is 2. The fourth-order valence-corrected chi connectivity index (χ4v) is 8.20. The molecule has 2 N–H and O–H groups in total. The number of likely N-dealkylation sites (tertiary alicyclic amines) is 1. The van der Waals surface area contributed by atoms with Gasteiger partial charge in [0.1, 0.15) is 6.54 Å². The van der Waals surface area contributed by atoms with E-state index in [9.17, 15) is 19.8 Å². The molecule has 1 amide bonds. The summed E-state index contributed by atoms with van der Waals surface area (Å²) >= 11 is 1.65. The van der Waals surface area contributed by atoms with Crippen molar-refractivity contribution in [1.29, 1.82) is 0 Å². The summed E-state index contributed by atoms with van der Waals surface area (Å²) in [4.78, 5) is 38.4. The first-order chi connectivity index (χ1) is 21.8. The van der Waals surface area contributed by atoms with Crippen LogP contribution in [0.4, 0.5) is 0 Å². The molecule has 7 rings (SSSR count). The Balaban J connectivity index is 1.40. The summed E-state index contributed by atoms with van der Waals surface area (Å²) in [5.74, 6) is -0.679. The van der Waals surface area contributed by atoms with Gasteiger partial charge in [-0.2, -0.15) is 0 Å². The molecule has 5 aromatic rings. The first-order valence-corrected chi connectivity index (χ1v) is 16.8. The van der Waals surface area contributed by atoms with E-state index in [1.54, 1.807) is 23.5 Å². The van der Waals surface area contributed by atoms with Gasteiger partial charge in [-0.15, -0.1) is 11.3 Å². The third kappa shape index (κ3) is 5.64. The van der Waals surface area contributed by atoms with Crippen LogP contribution in [0.3, 0.4) is 0 Å². The van der Waals surface area contributed by atoms with E-state index in [2.05, 4.69) is 39.9 Å². The van der Waals surface area contributed by atoms with Gasteiger partial charge >= 0.3 is 5.97 Å². The molecule has 1 saturated carbocycles. The maximum absolute atomic E-state index is 13.8. The van der Waals surface area contributed by atoms with Crippen molar-refractivity contribution in [2.75, 3.05) is 13.1 Å². The number of hydrogen-bond acceptors (Lipinski definition) is 6. The van der Waals surface area contributed by atoms with Gasteiger partial charge in [0, 0.05) is 23.9 Å². The van der Waals surface area contributed by atoms with Gasteiger partial charge in [-0.1, -0.05) is 37.5 Å². The second kappa shape index (κ2) is 12.0. The van der Waals surface area contributed by atoms with Crippen LogP contribution in [0, 0.1) is 13.8 Å². The average Bonchev–Trinajstić information content (AvgIpc) is 3.56. The van der Waals surface area contributed by atoms with Crippen molar-refractivity contribution in [3.63, 3.8) is 0 Å². The number of amides is 1. The molecule has 0 unspecified atom stereocenters. The number of piperidine rings is 1. The highest BCUT2D eigenvalue weighted by atomic mass is 32.1. The minimum atomic E-state index is -0.985. The molecule has 8 nitrogen and oxygen atoms in total. The summed E-state index contributed by atoms with van der Waals surface area (Å²) in [6, 6.07) is 15.8. The van der Waals surface area contributed by atoms with Crippen molar-refractivity contribution in [2.45, 2.75) is 77.4 Å². The summed E-state index contributed by atoms with van der Waals surface area (Å²) in [6.45, 7) is 5.18. The number of aliphatic hydroxyl groups excluding tert-OH is 1. The van der Waals surface area contributed by atoms with E-state index in [1.807, 2.05) is 24.8 Å². The number of carboxylic acid groups (broad SMARTS) is 1. The lowest BCUT2D eigenvalue weighted by molar-refractivity contribution is -0.133. The number of rotatable bonds is 6. The standard InChI is InChI=1S/C36H38N4O4S/c1-21-35(45-22(2)37-21)30-13-9-24-18-25(10-12-29(24)38-30)34-33(23-6-4-3-5-7-23)28-11-8-26(36(43)44)19-31(28)40(34)20-32(42)39-16-14-27(41)15-17-39/h8-13,18-19,23,27,41H,3-7,14-17,20H2,1-2H3,(H,43,44). The molecule has 232 valence electrons. The molecule has 1 aliphatic heterocycles. The van der Waals surface area contributed by atoms with Crippen LogP contribution in [-0.2, 0) is 11.3 Å². The van der Waals surface area contributed by atoms with Crippen molar-refractivity contribution in [3.8, 4) is 21.8 Å². The van der Waals surface area contributed by atoms with E-state index < -0.39 is 5.97 Å². The predicted octanol–water partition coefficient (Wildman–Crippen LogP) is 7.33. The zero-order valence-electron chi connectivity index (χ0n) is 25.8. The van der Waals surface area contributed by atoms with Crippen molar-refractivity contribution >= 4 is 45.0 Å². The number of carbonyl (C=O) groups is 2. The van der Waals surface area contributed by atoms with Gasteiger partial charge < -0.3 is 19.7 Å². The minimum absolute atomic E-state index is 0.0155. The summed E-state index contributed by atoms with van der Waals surface area (Å²) in [5, 5.41) is 23.0. The van der Waals surface area contributed by atoms with Gasteiger partial charge in [0.15, 0.2) is 0 Å². The second-order valence-electron chi connectivity index (χ2n) is 12.6. The SMILES string of the molecule is Cc1nc(C)c(-c2ccc3cc(-c4c(C5CCCCC5)c5ccc(C(=O)O)cc5n4CC(=O)N4CCC(O)CC4)ccc3n2)s1. The maximum atomic E-state index is 13.8. The molecule has 0 atom stereocenters. The summed E-state index contributed by atoms with van der Waals surface area (Å²) in [5.41, 5.74) is 6.97. The Morgan fingerprint density at radius 2 is 1.71 bits per heavy atom. The number of hydrogen-bond donors (Lipinski definition) is 2. The molecule has 45 heavy (non-hydrogen) atoms. The van der Waals surface area contributed by atoms with E-state index in [-0.39, 0.29) is 24.1 Å². The molecule has 1 aliphatic carbocycles. The van der Waals surface area contributed by atoms with Gasteiger partial charge in [-0.05, 0) is 86.9 Å². The number of aryl methyl sites for hydroxylation is 2. The van der Waals surface area contributed by atoms with Crippen LogP contribution < -0.4 is 0 Å². The number of benzene rings is 2. The topological polar surface area (TPSA) is 109 Å². The van der Waals surface area contributed by atoms with Crippen LogP contribution >= 0.6 is 11.3 Å². The monoisotopic (exact) mass is 622 g/mol. The normalized spacial score (nSPS) is 16.6. The van der Waals surface area contributed by atoms with E-state index in [0.29, 0.717) is 31.8 Å². The van der Waals surface area contributed by atoms with E-state index in [1.165, 1.54) is 12.0 Å². The number of carboxylic acids is 1. The number of carbonyl (C=O) groups excluding carboxylic acids is 1. The lowest BCUT2D eigenvalue weighted by atomic mass is 9.81. The first-order valence-electron chi connectivity index (χ1n) is 16.0. The lowest BCUT2D eigenvalue weighted by Crippen LogP contribution is -2.41. The molecule has 2 aliphatic rings. The molecule has 0 radical (unpaired) electrons. The van der Waals surface area contributed by atoms with Crippen molar-refractivity contribution in [3.05, 3.63) is 70.4 Å². The zero-order chi connectivity index (χ0) is 31.2. The number of nitrogens with zero attached hydrogens (tertiary/aromatic N) is 4. The number of thiazole rings is 1. The molecule has 9 heteroatoms. The third-order valence-corrected chi connectivity index (χ3v) is 10.7. The van der Waals surface area contributed by atoms with E-state index in [4.69, 9.17) is 4.98 Å². The summed E-state index contributed by atoms with van der Waals surface area (Å²) in [7, 11) is 0. The van der Waals surface area contributed by atoms with Gasteiger partial charge in [0.05, 0.1) is 49.7 Å². The van der Waals surface area contributed by atoms with Crippen LogP contribution in [0.1, 0.15) is 77.5 Å². The zero-order valence-corrected chi connectivity index (χ0v) is 26.6. The molecular formula is C36H38N4O4S. The van der Waals surface area contributed by atoms with Gasteiger partial charge in [-0.3, -0.25) is 4.79 Å². The van der Waals surface area contributed by atoms with E-state index in [0.717, 1.165) is 80.0 Å². The fourth-order valence-electron chi connectivity index (χ4n) is 7.31. The Kier molecular flexibility index (Phi) is 7.91. The van der Waals surface area contributed by atoms with Crippen LogP contribution in [0.2, 0.25) is 0 Å². The highest BCUT2D eigenvalue weighted by Crippen LogP contribution is 2.45. The fraction of sp³-hybridized carbons (Fsp3) is 0.389. The van der Waals surface area contributed by atoms with Crippen LogP contribution in [0.5, 0.6) is 0 Å². The highest BCUT2D eigenvalue weighted by molar-refractivity contribution is 7.15. The van der Waals surface area contributed by atoms with Crippen molar-refractivity contribution in [2.24, 2.45) is 0 Å². The summed E-state index contributed by atoms with van der Waals surface area (Å²) < 4.78 is 2.06. The van der Waals surface area contributed by atoms with Crippen LogP contribution in [0.15, 0.2) is 48.5 Å². The van der Waals surface area contributed by atoms with Gasteiger partial charge in [-0.25, -0.2) is 14.8 Å². The molecular weight excluding hydrogens is 584 g/mol. The highest BCUT2D eigenvalue weighted by Gasteiger charge is 2.29. The predicted molar refractivity (Wildman–Crippen MR) is 178 cm³/mol. The van der Waals surface area contributed by atoms with Crippen LogP contribution in [-0.4, -0.2) is 60.7 Å². The molecule has 4 heterocycles. The number of aliphatic hydroxyl groups is 1. The van der Waals surface area contributed by atoms with Gasteiger partial charge in [0.25, 0.3) is 0 Å². The van der Waals surface area contributed by atoms with Crippen LogP contribution in [0.25, 0.3) is 43.6 Å². The molecule has 2 fully saturated rings. The number of aromatic carboxylic acids is 1. The van der Waals surface area contributed by atoms with E-state index >= 15 is 0 Å². The first kappa shape index (κ1) is 29.6. The minimum Gasteiger partial charge on any atom is -0.478 e. The van der Waals surface area contributed by atoms with Crippen molar-refractivity contribution in [1.82, 2.24) is 19.4 Å². The third-order valence-electron chi connectivity index (χ3n) is 9.57. The number of pyridine rings is 1. The average molecular weight is 623 g/mol. The molecule has 0 bridgehead atoms. The molecule has 2 aromatic carbocycles. The number of aromatic nitrogens is 3. The Morgan fingerprint density at radius 1 is 0.933 bits per heavy atom. The Hall–Kier alpha value is -4.08. The Morgan fingerprint density at radius 3 is 2.42 bits per heavy atom. The second-order valence-corrected chi connectivity index (χ2v) is 13.8. The lowest BCUT2D eigenvalue weighted by Gasteiger charge is -2.30. The molecule has 1 saturated heterocycles.